The Morgan fingerprint density at radius 2 is 1.61 bits per heavy atom. The van der Waals surface area contributed by atoms with E-state index in [2.05, 4.69) is 31.3 Å². The van der Waals surface area contributed by atoms with Crippen molar-refractivity contribution in [2.45, 2.75) is 57.5 Å². The highest BCUT2D eigenvalue weighted by Crippen LogP contribution is 2.37. The van der Waals surface area contributed by atoms with Crippen molar-refractivity contribution >= 4 is 17.7 Å². The van der Waals surface area contributed by atoms with Gasteiger partial charge in [0.2, 0.25) is 17.7 Å². The molecule has 2 aromatic carbocycles. The Kier molecular flexibility index (Phi) is 7.52. The Balaban J connectivity index is 1.35. The van der Waals surface area contributed by atoms with Crippen LogP contribution in [-0.2, 0) is 19.1 Å². The topological polar surface area (TPSA) is 79.0 Å². The largest absolute Gasteiger partial charge is 0.375 e. The van der Waals surface area contributed by atoms with Crippen LogP contribution in [0.15, 0.2) is 54.6 Å². The number of hydrogen-bond acceptors (Lipinski definition) is 4. The van der Waals surface area contributed by atoms with Gasteiger partial charge in [-0.25, -0.2) is 4.39 Å². The second-order valence-electron chi connectivity index (χ2n) is 11.1. The minimum atomic E-state index is -1.27. The van der Waals surface area contributed by atoms with E-state index in [0.29, 0.717) is 19.0 Å². The third-order valence-electron chi connectivity index (χ3n) is 8.27. The van der Waals surface area contributed by atoms with Crippen LogP contribution in [0.4, 0.5) is 4.39 Å². The van der Waals surface area contributed by atoms with Gasteiger partial charge in [0.15, 0.2) is 0 Å². The van der Waals surface area contributed by atoms with Crippen LogP contribution >= 0.6 is 0 Å². The van der Waals surface area contributed by atoms with Crippen molar-refractivity contribution in [1.29, 1.82) is 0 Å². The van der Waals surface area contributed by atoms with Crippen molar-refractivity contribution in [3.8, 4) is 0 Å². The molecule has 2 aromatic rings. The first-order valence-corrected chi connectivity index (χ1v) is 13.5. The second-order valence-corrected chi connectivity index (χ2v) is 11.1. The predicted octanol–water partition coefficient (Wildman–Crippen LogP) is 3.45. The molecular weight excluding hydrogens is 485 g/mol. The molecule has 0 bridgehead atoms. The van der Waals surface area contributed by atoms with Crippen LogP contribution in [0.25, 0.3) is 0 Å². The highest BCUT2D eigenvalue weighted by molar-refractivity contribution is 5.90. The van der Waals surface area contributed by atoms with Gasteiger partial charge >= 0.3 is 0 Å². The van der Waals surface area contributed by atoms with Gasteiger partial charge in [-0.15, -0.1) is 0 Å². The number of fused-ring (bicyclic) bond motifs is 1. The van der Waals surface area contributed by atoms with E-state index in [0.717, 1.165) is 11.1 Å². The SMILES string of the molecule is CC(=O)N1C[C@@H]2[C@@H](C(=O)N3C[C@H](F)C[C@H]3C(=O)N[C@@H](c3ccccc3)c3ccc(C(C)C)cc3)CO[C@@H]2C1. The minimum absolute atomic E-state index is 0.0351. The lowest BCUT2D eigenvalue weighted by atomic mass is 9.91. The van der Waals surface area contributed by atoms with Gasteiger partial charge in [-0.2, -0.15) is 0 Å². The van der Waals surface area contributed by atoms with Crippen molar-refractivity contribution in [3.05, 3.63) is 71.3 Å². The van der Waals surface area contributed by atoms with E-state index in [1.807, 2.05) is 42.5 Å². The Morgan fingerprint density at radius 1 is 0.947 bits per heavy atom. The first kappa shape index (κ1) is 26.4. The molecule has 7 nitrogen and oxygen atoms in total. The molecule has 3 saturated heterocycles. The fourth-order valence-corrected chi connectivity index (χ4v) is 6.03. The summed E-state index contributed by atoms with van der Waals surface area (Å²) in [5.74, 6) is -0.920. The van der Waals surface area contributed by atoms with E-state index < -0.39 is 24.2 Å². The number of likely N-dealkylation sites (tertiary alicyclic amines) is 2. The number of nitrogens with zero attached hydrogens (tertiary/aromatic N) is 2. The van der Waals surface area contributed by atoms with E-state index in [-0.39, 0.29) is 49.3 Å². The molecule has 0 saturated carbocycles. The van der Waals surface area contributed by atoms with Gasteiger partial charge in [0, 0.05) is 32.4 Å². The monoisotopic (exact) mass is 521 g/mol. The van der Waals surface area contributed by atoms with Gasteiger partial charge < -0.3 is 19.9 Å². The Labute approximate surface area is 223 Å². The van der Waals surface area contributed by atoms with E-state index in [1.165, 1.54) is 17.4 Å². The highest BCUT2D eigenvalue weighted by atomic mass is 19.1. The maximum atomic E-state index is 14.7. The van der Waals surface area contributed by atoms with Crippen LogP contribution in [0, 0.1) is 11.8 Å². The highest BCUT2D eigenvalue weighted by Gasteiger charge is 2.51. The van der Waals surface area contributed by atoms with Crippen molar-refractivity contribution < 1.29 is 23.5 Å². The number of alkyl halides is 1. The standard InChI is InChI=1S/C30H36FN3O4/c1-18(2)20-9-11-22(12-10-20)28(21-7-5-4-6-8-21)32-29(36)26-13-23(31)14-34(26)30(37)25-17-38-27-16-33(19(3)35)15-24(25)27/h4-12,18,23-28H,13-17H2,1-3H3,(H,32,36)/t23-,24-,25+,26+,27-,28+/m1/s1. The fraction of sp³-hybridized carbons (Fsp3) is 0.500. The second kappa shape index (κ2) is 10.8. The van der Waals surface area contributed by atoms with Crippen molar-refractivity contribution in [2.24, 2.45) is 11.8 Å². The molecule has 0 aromatic heterocycles. The number of amides is 3. The summed E-state index contributed by atoms with van der Waals surface area (Å²) >= 11 is 0. The number of ether oxygens (including phenoxy) is 1. The normalized spacial score (nSPS) is 27.4. The molecule has 8 heteroatoms. The molecule has 3 amide bonds. The number of rotatable bonds is 6. The molecule has 38 heavy (non-hydrogen) atoms. The third-order valence-corrected chi connectivity index (χ3v) is 8.27. The smallest absolute Gasteiger partial charge is 0.243 e. The summed E-state index contributed by atoms with van der Waals surface area (Å²) < 4.78 is 20.6. The molecule has 202 valence electrons. The lowest BCUT2D eigenvalue weighted by molar-refractivity contribution is -0.143. The molecule has 3 fully saturated rings. The summed E-state index contributed by atoms with van der Waals surface area (Å²) in [5, 5.41) is 3.12. The Morgan fingerprint density at radius 3 is 2.26 bits per heavy atom. The Bertz CT molecular complexity index is 1170. The zero-order valence-electron chi connectivity index (χ0n) is 22.2. The van der Waals surface area contributed by atoms with Gasteiger partial charge in [0.05, 0.1) is 31.2 Å². The number of benzene rings is 2. The van der Waals surface area contributed by atoms with Crippen LogP contribution in [-0.4, -0.2) is 72.1 Å². The van der Waals surface area contributed by atoms with Gasteiger partial charge in [0.1, 0.15) is 12.2 Å². The number of carbonyl (C=O) groups excluding carboxylic acids is 3. The average Bonchev–Trinajstić information content (AvgIpc) is 3.61. The zero-order valence-corrected chi connectivity index (χ0v) is 22.2. The molecule has 0 aliphatic carbocycles. The zero-order chi connectivity index (χ0) is 27.0. The van der Waals surface area contributed by atoms with Gasteiger partial charge in [-0.1, -0.05) is 68.4 Å². The van der Waals surface area contributed by atoms with E-state index >= 15 is 0 Å². The summed E-state index contributed by atoms with van der Waals surface area (Å²) in [6.07, 6.45) is -1.50. The summed E-state index contributed by atoms with van der Waals surface area (Å²) in [6, 6.07) is 16.5. The lowest BCUT2D eigenvalue weighted by Crippen LogP contribution is -2.50. The number of nitrogens with one attached hydrogen (secondary N) is 1. The van der Waals surface area contributed by atoms with Crippen LogP contribution in [0.5, 0.6) is 0 Å². The summed E-state index contributed by atoms with van der Waals surface area (Å²) in [5.41, 5.74) is 3.03. The first-order valence-electron chi connectivity index (χ1n) is 13.5. The van der Waals surface area contributed by atoms with E-state index in [4.69, 9.17) is 4.74 Å². The third kappa shape index (κ3) is 5.19. The maximum Gasteiger partial charge on any atom is 0.243 e. The molecule has 3 aliphatic heterocycles. The molecule has 6 atom stereocenters. The molecule has 3 aliphatic rings. The van der Waals surface area contributed by atoms with Gasteiger partial charge in [0.25, 0.3) is 0 Å². The summed E-state index contributed by atoms with van der Waals surface area (Å²) in [7, 11) is 0. The number of hydrogen-bond donors (Lipinski definition) is 1. The Hall–Kier alpha value is -3.26. The molecule has 0 unspecified atom stereocenters. The molecule has 5 rings (SSSR count). The lowest BCUT2D eigenvalue weighted by Gasteiger charge is -2.29. The van der Waals surface area contributed by atoms with Gasteiger partial charge in [-0.05, 0) is 22.6 Å². The van der Waals surface area contributed by atoms with Crippen LogP contribution < -0.4 is 5.32 Å². The molecule has 0 spiro atoms. The summed E-state index contributed by atoms with van der Waals surface area (Å²) in [6.45, 7) is 6.80. The molecule has 0 radical (unpaired) electrons. The first-order chi connectivity index (χ1) is 18.2. The predicted molar refractivity (Wildman–Crippen MR) is 141 cm³/mol. The van der Waals surface area contributed by atoms with Crippen molar-refractivity contribution in [2.75, 3.05) is 26.2 Å². The van der Waals surface area contributed by atoms with Crippen LogP contribution in [0.1, 0.15) is 55.8 Å². The van der Waals surface area contributed by atoms with Crippen LogP contribution in [0.2, 0.25) is 0 Å². The van der Waals surface area contributed by atoms with E-state index in [1.54, 1.807) is 4.90 Å². The molecule has 3 heterocycles. The number of carbonyl (C=O) groups is 3. The molecule has 1 N–H and O–H groups in total. The fourth-order valence-electron chi connectivity index (χ4n) is 6.03. The minimum Gasteiger partial charge on any atom is -0.375 e. The average molecular weight is 522 g/mol. The number of halogens is 1. The summed E-state index contributed by atoms with van der Waals surface area (Å²) in [4.78, 5) is 42.3. The van der Waals surface area contributed by atoms with Crippen LogP contribution in [0.3, 0.4) is 0 Å². The quantitative estimate of drug-likeness (QED) is 0.632. The van der Waals surface area contributed by atoms with Crippen molar-refractivity contribution in [3.63, 3.8) is 0 Å². The van der Waals surface area contributed by atoms with E-state index in [9.17, 15) is 18.8 Å². The molecular formula is C30H36FN3O4. The maximum absolute atomic E-state index is 14.7. The van der Waals surface area contributed by atoms with Gasteiger partial charge in [-0.3, -0.25) is 14.4 Å². The van der Waals surface area contributed by atoms with Crippen molar-refractivity contribution in [1.82, 2.24) is 15.1 Å².